The van der Waals surface area contributed by atoms with Crippen LogP contribution in [0.4, 0.5) is 5.69 Å². The molecule has 1 aromatic rings. The van der Waals surface area contributed by atoms with Gasteiger partial charge < -0.3 is 4.74 Å². The summed E-state index contributed by atoms with van der Waals surface area (Å²) in [5.41, 5.74) is 0.347. The predicted molar refractivity (Wildman–Crippen MR) is 60.6 cm³/mol. The lowest BCUT2D eigenvalue weighted by Crippen LogP contribution is -2.15. The van der Waals surface area contributed by atoms with Crippen LogP contribution in [0.3, 0.4) is 0 Å². The number of sulfonamides is 1. The number of para-hydroxylation sites is 2. The maximum atomic E-state index is 11.4. The topological polar surface area (TPSA) is 79.2 Å². The van der Waals surface area contributed by atoms with Crippen LogP contribution in [0, 0.1) is 11.3 Å². The van der Waals surface area contributed by atoms with Gasteiger partial charge in [-0.25, -0.2) is 8.42 Å². The van der Waals surface area contributed by atoms with Crippen LogP contribution in [0.15, 0.2) is 24.3 Å². The number of anilines is 1. The molecule has 0 saturated heterocycles. The van der Waals surface area contributed by atoms with Crippen LogP contribution in [0.25, 0.3) is 0 Å². The molecule has 0 bridgehead atoms. The number of nitrogens with one attached hydrogen (secondary N) is 1. The molecule has 0 unspecified atom stereocenters. The lowest BCUT2D eigenvalue weighted by Gasteiger charge is -2.10. The number of hydrogen-bond acceptors (Lipinski definition) is 4. The van der Waals surface area contributed by atoms with Crippen molar-refractivity contribution >= 4 is 15.7 Å². The van der Waals surface area contributed by atoms with Crippen LogP contribution >= 0.6 is 0 Å². The molecule has 0 aliphatic rings. The number of benzene rings is 1. The number of rotatable bonds is 5. The van der Waals surface area contributed by atoms with Crippen molar-refractivity contribution in [2.45, 2.75) is 6.92 Å². The molecule has 0 aliphatic carbocycles. The standard InChI is InChI=1S/C10H12N2O3S/c1-2-16(13,14)12-9-5-3-4-6-10(9)15-8-7-11/h3-6,12H,2,8H2,1H3. The third-order valence-electron chi connectivity index (χ3n) is 1.82. The van der Waals surface area contributed by atoms with E-state index in [1.807, 2.05) is 6.07 Å². The van der Waals surface area contributed by atoms with Gasteiger partial charge in [0.15, 0.2) is 6.61 Å². The van der Waals surface area contributed by atoms with Gasteiger partial charge in [0.25, 0.3) is 0 Å². The van der Waals surface area contributed by atoms with Gasteiger partial charge in [-0.1, -0.05) is 12.1 Å². The number of hydrogen-bond donors (Lipinski definition) is 1. The average molecular weight is 240 g/mol. The normalized spacial score (nSPS) is 10.5. The summed E-state index contributed by atoms with van der Waals surface area (Å²) in [6.45, 7) is 1.42. The molecule has 0 fully saturated rings. The van der Waals surface area contributed by atoms with Crippen molar-refractivity contribution in [3.05, 3.63) is 24.3 Å². The largest absolute Gasteiger partial charge is 0.477 e. The maximum absolute atomic E-state index is 11.4. The van der Waals surface area contributed by atoms with E-state index in [9.17, 15) is 8.42 Å². The van der Waals surface area contributed by atoms with E-state index in [0.29, 0.717) is 11.4 Å². The van der Waals surface area contributed by atoms with Crippen molar-refractivity contribution in [1.29, 1.82) is 5.26 Å². The fourth-order valence-corrected chi connectivity index (χ4v) is 1.67. The Labute approximate surface area is 94.7 Å². The molecule has 0 aliphatic heterocycles. The SMILES string of the molecule is CCS(=O)(=O)Nc1ccccc1OCC#N. The Hall–Kier alpha value is -1.74. The summed E-state index contributed by atoms with van der Waals surface area (Å²) in [5.74, 6) is 0.334. The number of nitriles is 1. The third kappa shape index (κ3) is 3.44. The van der Waals surface area contributed by atoms with Crippen molar-refractivity contribution in [2.24, 2.45) is 0 Å². The van der Waals surface area contributed by atoms with E-state index in [-0.39, 0.29) is 12.4 Å². The van der Waals surface area contributed by atoms with E-state index in [0.717, 1.165) is 0 Å². The molecule has 0 radical (unpaired) electrons. The molecule has 0 saturated carbocycles. The molecule has 0 spiro atoms. The summed E-state index contributed by atoms with van der Waals surface area (Å²) in [6.07, 6.45) is 0. The van der Waals surface area contributed by atoms with Gasteiger partial charge in [0.2, 0.25) is 10.0 Å². The fraction of sp³-hybridized carbons (Fsp3) is 0.300. The molecule has 6 heteroatoms. The third-order valence-corrected chi connectivity index (χ3v) is 3.12. The molecule has 0 amide bonds. The fourth-order valence-electron chi connectivity index (χ4n) is 1.03. The maximum Gasteiger partial charge on any atom is 0.232 e. The van der Waals surface area contributed by atoms with E-state index in [1.54, 1.807) is 31.2 Å². The molecular weight excluding hydrogens is 228 g/mol. The second-order valence-electron chi connectivity index (χ2n) is 2.95. The first-order valence-corrected chi connectivity index (χ1v) is 6.33. The Bertz CT molecular complexity index is 491. The minimum atomic E-state index is -3.33. The quantitative estimate of drug-likeness (QED) is 0.842. The van der Waals surface area contributed by atoms with Crippen LogP contribution in [0.2, 0.25) is 0 Å². The minimum Gasteiger partial charge on any atom is -0.477 e. The summed E-state index contributed by atoms with van der Waals surface area (Å²) < 4.78 is 30.2. The lowest BCUT2D eigenvalue weighted by atomic mass is 10.3. The zero-order valence-electron chi connectivity index (χ0n) is 8.80. The van der Waals surface area contributed by atoms with Gasteiger partial charge >= 0.3 is 0 Å². The monoisotopic (exact) mass is 240 g/mol. The van der Waals surface area contributed by atoms with Gasteiger partial charge in [0.1, 0.15) is 11.8 Å². The van der Waals surface area contributed by atoms with E-state index in [2.05, 4.69) is 4.72 Å². The highest BCUT2D eigenvalue weighted by atomic mass is 32.2. The molecule has 0 atom stereocenters. The smallest absolute Gasteiger partial charge is 0.232 e. The highest BCUT2D eigenvalue weighted by Gasteiger charge is 2.10. The van der Waals surface area contributed by atoms with E-state index < -0.39 is 10.0 Å². The Balaban J connectivity index is 2.92. The molecular formula is C10H12N2O3S. The summed E-state index contributed by atoms with van der Waals surface area (Å²) >= 11 is 0. The van der Waals surface area contributed by atoms with Crippen LogP contribution in [0.5, 0.6) is 5.75 Å². The lowest BCUT2D eigenvalue weighted by molar-refractivity contribution is 0.370. The first kappa shape index (κ1) is 12.3. The summed E-state index contributed by atoms with van der Waals surface area (Å²) in [7, 11) is -3.33. The molecule has 1 aromatic carbocycles. The van der Waals surface area contributed by atoms with E-state index in [4.69, 9.17) is 10.00 Å². The van der Waals surface area contributed by atoms with Gasteiger partial charge in [0.05, 0.1) is 11.4 Å². The van der Waals surface area contributed by atoms with E-state index >= 15 is 0 Å². The van der Waals surface area contributed by atoms with Crippen LogP contribution in [-0.4, -0.2) is 20.8 Å². The Morgan fingerprint density at radius 2 is 2.12 bits per heavy atom. The van der Waals surface area contributed by atoms with Gasteiger partial charge in [-0.05, 0) is 19.1 Å². The second kappa shape index (κ2) is 5.37. The summed E-state index contributed by atoms with van der Waals surface area (Å²) in [6, 6.07) is 8.40. The summed E-state index contributed by atoms with van der Waals surface area (Å²) in [5, 5.41) is 8.38. The Morgan fingerprint density at radius 3 is 2.75 bits per heavy atom. The molecule has 5 nitrogen and oxygen atoms in total. The molecule has 1 N–H and O–H groups in total. The molecule has 16 heavy (non-hydrogen) atoms. The van der Waals surface area contributed by atoms with Crippen LogP contribution < -0.4 is 9.46 Å². The van der Waals surface area contributed by atoms with Crippen molar-refractivity contribution in [2.75, 3.05) is 17.1 Å². The van der Waals surface area contributed by atoms with Gasteiger partial charge in [-0.15, -0.1) is 0 Å². The number of ether oxygens (including phenoxy) is 1. The first-order chi connectivity index (χ1) is 7.59. The molecule has 1 rings (SSSR count). The van der Waals surface area contributed by atoms with Crippen molar-refractivity contribution in [3.63, 3.8) is 0 Å². The average Bonchev–Trinajstić information content (AvgIpc) is 2.27. The van der Waals surface area contributed by atoms with Gasteiger partial charge in [-0.3, -0.25) is 4.72 Å². The van der Waals surface area contributed by atoms with E-state index in [1.165, 1.54) is 0 Å². The van der Waals surface area contributed by atoms with Crippen molar-refractivity contribution < 1.29 is 13.2 Å². The first-order valence-electron chi connectivity index (χ1n) is 4.68. The number of nitrogens with zero attached hydrogens (tertiary/aromatic N) is 1. The highest BCUT2D eigenvalue weighted by molar-refractivity contribution is 7.92. The molecule has 0 aromatic heterocycles. The Kier molecular flexibility index (Phi) is 4.14. The van der Waals surface area contributed by atoms with Gasteiger partial charge in [0, 0.05) is 0 Å². The highest BCUT2D eigenvalue weighted by Crippen LogP contribution is 2.24. The summed E-state index contributed by atoms with van der Waals surface area (Å²) in [4.78, 5) is 0. The van der Waals surface area contributed by atoms with Gasteiger partial charge in [-0.2, -0.15) is 5.26 Å². The minimum absolute atomic E-state index is 0.0143. The zero-order chi connectivity index (χ0) is 12.0. The molecule has 0 heterocycles. The van der Waals surface area contributed by atoms with Crippen molar-refractivity contribution in [3.8, 4) is 11.8 Å². The van der Waals surface area contributed by atoms with Crippen molar-refractivity contribution in [1.82, 2.24) is 0 Å². The zero-order valence-corrected chi connectivity index (χ0v) is 9.62. The van der Waals surface area contributed by atoms with Crippen LogP contribution in [0.1, 0.15) is 6.92 Å². The Morgan fingerprint density at radius 1 is 1.44 bits per heavy atom. The van der Waals surface area contributed by atoms with Crippen LogP contribution in [-0.2, 0) is 10.0 Å². The second-order valence-corrected chi connectivity index (χ2v) is 4.96. The molecule has 86 valence electrons. The predicted octanol–water partition coefficient (Wildman–Crippen LogP) is 1.35.